The zero-order chi connectivity index (χ0) is 15.2. The number of nitrogens with zero attached hydrogens (tertiary/aromatic N) is 1. The van der Waals surface area contributed by atoms with E-state index in [0.29, 0.717) is 18.0 Å². The van der Waals surface area contributed by atoms with E-state index in [4.69, 9.17) is 9.47 Å². The maximum absolute atomic E-state index is 11.2. The van der Waals surface area contributed by atoms with Crippen molar-refractivity contribution in [3.63, 3.8) is 0 Å². The van der Waals surface area contributed by atoms with Crippen molar-refractivity contribution in [1.29, 1.82) is 0 Å². The highest BCUT2D eigenvalue weighted by Gasteiger charge is 2.10. The normalized spacial score (nSPS) is 12.0. The van der Waals surface area contributed by atoms with Crippen LogP contribution in [-0.4, -0.2) is 18.0 Å². The molecule has 1 aromatic carbocycles. The number of carbonyl (C=O) groups is 1. The lowest BCUT2D eigenvalue weighted by atomic mass is 10.3. The van der Waals surface area contributed by atoms with Crippen LogP contribution in [0.1, 0.15) is 30.7 Å². The molecule has 1 heterocycles. The van der Waals surface area contributed by atoms with Gasteiger partial charge in [0.25, 0.3) is 0 Å². The van der Waals surface area contributed by atoms with Crippen molar-refractivity contribution in [2.45, 2.75) is 26.6 Å². The van der Waals surface area contributed by atoms with Crippen LogP contribution in [0.3, 0.4) is 0 Å². The Morgan fingerprint density at radius 3 is 2.90 bits per heavy atom. The summed E-state index contributed by atoms with van der Waals surface area (Å²) < 4.78 is 11.0. The second-order valence-corrected chi connectivity index (χ2v) is 5.41. The minimum absolute atomic E-state index is 0.0181. The molecular formula is C15H18N2O3S. The number of amides is 1. The number of hydrogen-bond donors (Lipinski definition) is 1. The first-order valence-electron chi connectivity index (χ1n) is 6.56. The molecule has 0 aliphatic rings. The molecule has 1 atom stereocenters. The van der Waals surface area contributed by atoms with Crippen LogP contribution in [-0.2, 0) is 16.1 Å². The van der Waals surface area contributed by atoms with Gasteiger partial charge in [0, 0.05) is 19.4 Å². The number of hydrogen-bond acceptors (Lipinski definition) is 5. The quantitative estimate of drug-likeness (QED) is 0.888. The molecule has 21 heavy (non-hydrogen) atoms. The van der Waals surface area contributed by atoms with E-state index >= 15 is 0 Å². The average Bonchev–Trinajstić information content (AvgIpc) is 2.94. The van der Waals surface area contributed by atoms with Crippen LogP contribution in [0.5, 0.6) is 5.75 Å². The van der Waals surface area contributed by atoms with Crippen LogP contribution >= 0.6 is 11.3 Å². The topological polar surface area (TPSA) is 60.5 Å². The van der Waals surface area contributed by atoms with Gasteiger partial charge in [0.15, 0.2) is 0 Å². The van der Waals surface area contributed by atoms with E-state index in [-0.39, 0.29) is 12.0 Å². The lowest BCUT2D eigenvalue weighted by Gasteiger charge is -2.10. The Kier molecular flexibility index (Phi) is 5.30. The van der Waals surface area contributed by atoms with E-state index in [1.807, 2.05) is 30.5 Å². The maximum atomic E-state index is 11.2. The van der Waals surface area contributed by atoms with Gasteiger partial charge in [-0.1, -0.05) is 12.1 Å². The Balaban J connectivity index is 2.03. The van der Waals surface area contributed by atoms with Gasteiger partial charge in [-0.2, -0.15) is 0 Å². The van der Waals surface area contributed by atoms with Gasteiger partial charge in [-0.25, -0.2) is 4.98 Å². The second-order valence-electron chi connectivity index (χ2n) is 4.52. The van der Waals surface area contributed by atoms with E-state index in [2.05, 4.69) is 10.3 Å². The SMILES string of the molecule is COC(C)c1nc(COc2ccccc2NC(C)=O)cs1. The smallest absolute Gasteiger partial charge is 0.221 e. The number of ether oxygens (including phenoxy) is 2. The summed E-state index contributed by atoms with van der Waals surface area (Å²) in [5, 5.41) is 5.61. The van der Waals surface area contributed by atoms with Crippen molar-refractivity contribution >= 4 is 22.9 Å². The fraction of sp³-hybridized carbons (Fsp3) is 0.333. The Hall–Kier alpha value is -1.92. The lowest BCUT2D eigenvalue weighted by Crippen LogP contribution is -2.08. The molecule has 1 aromatic heterocycles. The van der Waals surface area contributed by atoms with E-state index in [9.17, 15) is 4.79 Å². The molecule has 0 fully saturated rings. The molecule has 0 bridgehead atoms. The van der Waals surface area contributed by atoms with Gasteiger partial charge in [-0.15, -0.1) is 11.3 Å². The molecule has 0 aliphatic carbocycles. The van der Waals surface area contributed by atoms with Crippen LogP contribution in [0.15, 0.2) is 29.6 Å². The third-order valence-corrected chi connectivity index (χ3v) is 3.90. The van der Waals surface area contributed by atoms with Crippen LogP contribution in [0.4, 0.5) is 5.69 Å². The molecule has 1 N–H and O–H groups in total. The Labute approximate surface area is 127 Å². The Morgan fingerprint density at radius 2 is 2.19 bits per heavy atom. The number of methoxy groups -OCH3 is 1. The largest absolute Gasteiger partial charge is 0.485 e. The minimum Gasteiger partial charge on any atom is -0.485 e. The van der Waals surface area contributed by atoms with Gasteiger partial charge < -0.3 is 14.8 Å². The summed E-state index contributed by atoms with van der Waals surface area (Å²) in [6.45, 7) is 3.77. The van der Waals surface area contributed by atoms with Crippen molar-refractivity contribution in [3.05, 3.63) is 40.3 Å². The number of thiazole rings is 1. The van der Waals surface area contributed by atoms with Gasteiger partial charge in [-0.3, -0.25) is 4.79 Å². The highest BCUT2D eigenvalue weighted by molar-refractivity contribution is 7.09. The molecule has 5 nitrogen and oxygen atoms in total. The van der Waals surface area contributed by atoms with Crippen LogP contribution in [0.2, 0.25) is 0 Å². The van der Waals surface area contributed by atoms with Crippen molar-refractivity contribution < 1.29 is 14.3 Å². The molecule has 2 aromatic rings. The van der Waals surface area contributed by atoms with Crippen molar-refractivity contribution in [2.75, 3.05) is 12.4 Å². The summed E-state index contributed by atoms with van der Waals surface area (Å²) in [5.41, 5.74) is 1.50. The third kappa shape index (κ3) is 4.27. The van der Waals surface area contributed by atoms with Gasteiger partial charge in [0.2, 0.25) is 5.91 Å². The first-order chi connectivity index (χ1) is 10.1. The van der Waals surface area contributed by atoms with Crippen LogP contribution in [0, 0.1) is 0 Å². The van der Waals surface area contributed by atoms with Crippen molar-refractivity contribution in [1.82, 2.24) is 4.98 Å². The molecule has 0 aliphatic heterocycles. The summed E-state index contributed by atoms with van der Waals surface area (Å²) in [5.74, 6) is 0.498. The Morgan fingerprint density at radius 1 is 1.43 bits per heavy atom. The van der Waals surface area contributed by atoms with Gasteiger partial charge in [0.05, 0.1) is 11.4 Å². The van der Waals surface area contributed by atoms with Crippen molar-refractivity contribution in [3.8, 4) is 5.75 Å². The number of carbonyl (C=O) groups excluding carboxylic acids is 1. The summed E-state index contributed by atoms with van der Waals surface area (Å²) in [7, 11) is 1.66. The zero-order valence-electron chi connectivity index (χ0n) is 12.3. The molecule has 0 saturated heterocycles. The molecule has 1 unspecified atom stereocenters. The average molecular weight is 306 g/mol. The van der Waals surface area contributed by atoms with E-state index in [1.54, 1.807) is 24.5 Å². The standard InChI is InChI=1S/C15H18N2O3S/c1-10(19-3)15-17-12(9-21-15)8-20-14-7-5-4-6-13(14)16-11(2)18/h4-7,9-10H,8H2,1-3H3,(H,16,18). The highest BCUT2D eigenvalue weighted by Crippen LogP contribution is 2.26. The van der Waals surface area contributed by atoms with Gasteiger partial charge in [-0.05, 0) is 19.1 Å². The predicted molar refractivity (Wildman–Crippen MR) is 82.6 cm³/mol. The van der Waals surface area contributed by atoms with E-state index < -0.39 is 0 Å². The molecule has 112 valence electrons. The molecule has 6 heteroatoms. The van der Waals surface area contributed by atoms with Gasteiger partial charge in [0.1, 0.15) is 23.5 Å². The third-order valence-electron chi connectivity index (χ3n) is 2.84. The summed E-state index contributed by atoms with van der Waals surface area (Å²) in [6.07, 6.45) is -0.0181. The highest BCUT2D eigenvalue weighted by atomic mass is 32.1. The number of aromatic nitrogens is 1. The van der Waals surface area contributed by atoms with Crippen LogP contribution < -0.4 is 10.1 Å². The summed E-state index contributed by atoms with van der Waals surface area (Å²) in [6, 6.07) is 7.33. The van der Waals surface area contributed by atoms with E-state index in [0.717, 1.165) is 10.7 Å². The second kappa shape index (κ2) is 7.19. The minimum atomic E-state index is -0.129. The summed E-state index contributed by atoms with van der Waals surface area (Å²) >= 11 is 1.55. The molecule has 0 saturated carbocycles. The summed E-state index contributed by atoms with van der Waals surface area (Å²) in [4.78, 5) is 15.6. The first kappa shape index (κ1) is 15.5. The fourth-order valence-corrected chi connectivity index (χ4v) is 2.55. The zero-order valence-corrected chi connectivity index (χ0v) is 13.1. The molecule has 1 amide bonds. The Bertz CT molecular complexity index is 612. The van der Waals surface area contributed by atoms with Crippen molar-refractivity contribution in [2.24, 2.45) is 0 Å². The number of nitrogens with one attached hydrogen (secondary N) is 1. The van der Waals surface area contributed by atoms with Gasteiger partial charge >= 0.3 is 0 Å². The number of anilines is 1. The predicted octanol–water partition coefficient (Wildman–Crippen LogP) is 3.39. The number of benzene rings is 1. The molecule has 0 spiro atoms. The number of para-hydroxylation sites is 2. The molecule has 0 radical (unpaired) electrons. The first-order valence-corrected chi connectivity index (χ1v) is 7.44. The van der Waals surface area contributed by atoms with E-state index in [1.165, 1.54) is 6.92 Å². The number of rotatable bonds is 6. The monoisotopic (exact) mass is 306 g/mol. The maximum Gasteiger partial charge on any atom is 0.221 e. The molecule has 2 rings (SSSR count). The molecular weight excluding hydrogens is 288 g/mol. The fourth-order valence-electron chi connectivity index (χ4n) is 1.71. The van der Waals surface area contributed by atoms with Crippen LogP contribution in [0.25, 0.3) is 0 Å². The lowest BCUT2D eigenvalue weighted by molar-refractivity contribution is -0.114.